The molecule has 1 heterocycles. The molecule has 1 saturated heterocycles. The first-order valence-corrected chi connectivity index (χ1v) is 8.27. The minimum Gasteiger partial charge on any atom is -0.493 e. The van der Waals surface area contributed by atoms with Crippen molar-refractivity contribution in [3.63, 3.8) is 0 Å². The van der Waals surface area contributed by atoms with Crippen LogP contribution in [0.1, 0.15) is 43.4 Å². The maximum Gasteiger partial charge on any atom is 0.220 e. The van der Waals surface area contributed by atoms with Crippen molar-refractivity contribution >= 4 is 18.3 Å². The molecule has 0 spiro atoms. The Morgan fingerprint density at radius 3 is 2.58 bits per heavy atom. The van der Waals surface area contributed by atoms with Gasteiger partial charge in [-0.2, -0.15) is 0 Å². The highest BCUT2D eigenvalue weighted by molar-refractivity contribution is 5.85. The maximum absolute atomic E-state index is 12.2. The van der Waals surface area contributed by atoms with Crippen molar-refractivity contribution < 1.29 is 14.3 Å². The number of hydrogen-bond donors (Lipinski definition) is 2. The molecule has 0 bridgehead atoms. The molecule has 1 aliphatic heterocycles. The van der Waals surface area contributed by atoms with Crippen molar-refractivity contribution in [2.24, 2.45) is 5.92 Å². The molecule has 0 aliphatic carbocycles. The number of benzene rings is 1. The van der Waals surface area contributed by atoms with Gasteiger partial charge in [0.2, 0.25) is 5.91 Å². The molecule has 2 N–H and O–H groups in total. The molecule has 2 atom stereocenters. The summed E-state index contributed by atoms with van der Waals surface area (Å²) in [6.45, 7) is 6.14. The van der Waals surface area contributed by atoms with E-state index in [1.807, 2.05) is 26.0 Å². The fraction of sp³-hybridized carbons (Fsp3) is 0.611. The second-order valence-electron chi connectivity index (χ2n) is 6.25. The van der Waals surface area contributed by atoms with Crippen molar-refractivity contribution in [2.45, 2.75) is 39.2 Å². The average Bonchev–Trinajstić information content (AvgIpc) is 3.05. The van der Waals surface area contributed by atoms with Crippen LogP contribution in [0.2, 0.25) is 0 Å². The summed E-state index contributed by atoms with van der Waals surface area (Å²) >= 11 is 0. The zero-order valence-corrected chi connectivity index (χ0v) is 15.8. The third-order valence-electron chi connectivity index (χ3n) is 4.56. The van der Waals surface area contributed by atoms with Gasteiger partial charge in [0.15, 0.2) is 11.5 Å². The van der Waals surface area contributed by atoms with E-state index in [-0.39, 0.29) is 24.4 Å². The summed E-state index contributed by atoms with van der Waals surface area (Å²) in [4.78, 5) is 12.2. The van der Waals surface area contributed by atoms with Gasteiger partial charge in [0.25, 0.3) is 0 Å². The van der Waals surface area contributed by atoms with Crippen LogP contribution >= 0.6 is 12.4 Å². The first-order chi connectivity index (χ1) is 11.0. The lowest BCUT2D eigenvalue weighted by molar-refractivity contribution is -0.122. The molecule has 24 heavy (non-hydrogen) atoms. The van der Waals surface area contributed by atoms with Crippen LogP contribution < -0.4 is 20.1 Å². The fourth-order valence-electron chi connectivity index (χ4n) is 3.15. The van der Waals surface area contributed by atoms with E-state index in [9.17, 15) is 4.79 Å². The van der Waals surface area contributed by atoms with Crippen LogP contribution in [0.15, 0.2) is 12.1 Å². The van der Waals surface area contributed by atoms with Gasteiger partial charge in [-0.25, -0.2) is 0 Å². The molecule has 0 radical (unpaired) electrons. The number of halogens is 1. The fourth-order valence-corrected chi connectivity index (χ4v) is 3.15. The van der Waals surface area contributed by atoms with Gasteiger partial charge < -0.3 is 20.1 Å². The Labute approximate surface area is 150 Å². The summed E-state index contributed by atoms with van der Waals surface area (Å²) in [5.74, 6) is 2.14. The summed E-state index contributed by atoms with van der Waals surface area (Å²) in [6.07, 6.45) is 2.72. The van der Waals surface area contributed by atoms with E-state index in [1.165, 1.54) is 6.42 Å². The summed E-state index contributed by atoms with van der Waals surface area (Å²) in [6, 6.07) is 3.84. The maximum atomic E-state index is 12.2. The Kier molecular flexibility index (Phi) is 8.36. The number of rotatable bonds is 7. The number of nitrogens with one attached hydrogen (secondary N) is 2. The number of aryl methyl sites for hydroxylation is 1. The van der Waals surface area contributed by atoms with E-state index in [0.29, 0.717) is 23.8 Å². The summed E-state index contributed by atoms with van der Waals surface area (Å²) in [5, 5.41) is 6.43. The molecule has 5 nitrogen and oxygen atoms in total. The predicted molar refractivity (Wildman–Crippen MR) is 98.3 cm³/mol. The summed E-state index contributed by atoms with van der Waals surface area (Å²) in [5.41, 5.74) is 2.13. The monoisotopic (exact) mass is 356 g/mol. The largest absolute Gasteiger partial charge is 0.493 e. The van der Waals surface area contributed by atoms with Crippen LogP contribution in [0, 0.1) is 12.8 Å². The van der Waals surface area contributed by atoms with E-state index < -0.39 is 0 Å². The van der Waals surface area contributed by atoms with Crippen LogP contribution in [-0.2, 0) is 4.79 Å². The number of hydrogen-bond acceptors (Lipinski definition) is 4. The van der Waals surface area contributed by atoms with E-state index in [1.54, 1.807) is 14.2 Å². The van der Waals surface area contributed by atoms with Gasteiger partial charge in [0, 0.05) is 6.42 Å². The van der Waals surface area contributed by atoms with Crippen molar-refractivity contribution in [3.05, 3.63) is 23.3 Å². The first-order valence-electron chi connectivity index (χ1n) is 8.27. The Morgan fingerprint density at radius 1 is 1.33 bits per heavy atom. The van der Waals surface area contributed by atoms with Gasteiger partial charge in [-0.05, 0) is 69.0 Å². The average molecular weight is 357 g/mol. The third kappa shape index (κ3) is 5.28. The molecule has 1 aromatic rings. The van der Waals surface area contributed by atoms with Gasteiger partial charge in [0.05, 0.1) is 20.3 Å². The molecule has 1 amide bonds. The molecule has 1 fully saturated rings. The number of ether oxygens (including phenoxy) is 2. The molecular formula is C18H29ClN2O3. The Morgan fingerprint density at radius 2 is 2.00 bits per heavy atom. The van der Waals surface area contributed by atoms with Gasteiger partial charge in [-0.15, -0.1) is 12.4 Å². The highest BCUT2D eigenvalue weighted by atomic mass is 35.5. The molecule has 1 aliphatic rings. The molecule has 2 rings (SSSR count). The van der Waals surface area contributed by atoms with Crippen LogP contribution in [0.4, 0.5) is 0 Å². The zero-order chi connectivity index (χ0) is 16.8. The van der Waals surface area contributed by atoms with Gasteiger partial charge in [-0.1, -0.05) is 0 Å². The summed E-state index contributed by atoms with van der Waals surface area (Å²) < 4.78 is 10.7. The molecule has 1 aromatic carbocycles. The Balaban J connectivity index is 0.00000288. The van der Waals surface area contributed by atoms with Gasteiger partial charge in [0.1, 0.15) is 0 Å². The smallest absolute Gasteiger partial charge is 0.220 e. The van der Waals surface area contributed by atoms with Gasteiger partial charge in [-0.3, -0.25) is 4.79 Å². The number of carbonyl (C=O) groups excluding carboxylic acids is 1. The number of carbonyl (C=O) groups is 1. The van der Waals surface area contributed by atoms with Crippen LogP contribution in [0.5, 0.6) is 11.5 Å². The van der Waals surface area contributed by atoms with Crippen molar-refractivity contribution in [1.29, 1.82) is 0 Å². The quantitative estimate of drug-likeness (QED) is 0.788. The normalized spacial score (nSPS) is 17.8. The van der Waals surface area contributed by atoms with E-state index in [0.717, 1.165) is 30.6 Å². The standard InChI is InChI=1S/C18H28N2O3.ClH/c1-12-9-16(22-3)17(23-4)10-15(12)13(2)20-18(21)6-5-14-7-8-19-11-14;/h9-10,13-14,19H,5-8,11H2,1-4H3,(H,20,21);1H. The van der Waals surface area contributed by atoms with Crippen molar-refractivity contribution in [3.8, 4) is 11.5 Å². The van der Waals surface area contributed by atoms with Gasteiger partial charge >= 0.3 is 0 Å². The molecule has 0 aromatic heterocycles. The van der Waals surface area contributed by atoms with E-state index in [2.05, 4.69) is 10.6 Å². The third-order valence-corrected chi connectivity index (χ3v) is 4.56. The van der Waals surface area contributed by atoms with Crippen LogP contribution in [-0.4, -0.2) is 33.2 Å². The van der Waals surface area contributed by atoms with E-state index in [4.69, 9.17) is 9.47 Å². The Hall–Kier alpha value is -1.46. The second kappa shape index (κ2) is 9.74. The predicted octanol–water partition coefficient (Wildman–Crippen LogP) is 3.00. The highest BCUT2D eigenvalue weighted by Crippen LogP contribution is 2.32. The zero-order valence-electron chi connectivity index (χ0n) is 15.0. The topological polar surface area (TPSA) is 59.6 Å². The van der Waals surface area contributed by atoms with Crippen LogP contribution in [0.25, 0.3) is 0 Å². The second-order valence-corrected chi connectivity index (χ2v) is 6.25. The lowest BCUT2D eigenvalue weighted by atomic mass is 10.00. The molecule has 0 saturated carbocycles. The Bertz CT molecular complexity index is 545. The van der Waals surface area contributed by atoms with Crippen LogP contribution in [0.3, 0.4) is 0 Å². The van der Waals surface area contributed by atoms with Crippen molar-refractivity contribution in [1.82, 2.24) is 10.6 Å². The lowest BCUT2D eigenvalue weighted by Crippen LogP contribution is -2.27. The number of methoxy groups -OCH3 is 2. The lowest BCUT2D eigenvalue weighted by Gasteiger charge is -2.19. The number of amides is 1. The minimum absolute atomic E-state index is 0. The first kappa shape index (κ1) is 20.6. The molecule has 2 unspecified atom stereocenters. The molecule has 136 valence electrons. The van der Waals surface area contributed by atoms with E-state index >= 15 is 0 Å². The summed E-state index contributed by atoms with van der Waals surface area (Å²) in [7, 11) is 3.25. The molecular weight excluding hydrogens is 328 g/mol. The SMILES string of the molecule is COc1cc(C)c(C(C)NC(=O)CCC2CCNC2)cc1OC.Cl. The minimum atomic E-state index is -0.0518. The molecule has 6 heteroatoms. The van der Waals surface area contributed by atoms with Crippen molar-refractivity contribution in [2.75, 3.05) is 27.3 Å². The highest BCUT2D eigenvalue weighted by Gasteiger charge is 2.18.